The van der Waals surface area contributed by atoms with E-state index in [2.05, 4.69) is 26.4 Å². The largest absolute Gasteiger partial charge is 0.379 e. The van der Waals surface area contributed by atoms with Gasteiger partial charge in [0.05, 0.1) is 18.9 Å². The number of nitrogens with one attached hydrogen (secondary N) is 1. The Morgan fingerprint density at radius 1 is 1.12 bits per heavy atom. The molecule has 5 rings (SSSR count). The van der Waals surface area contributed by atoms with Crippen LogP contribution < -0.4 is 5.32 Å². The van der Waals surface area contributed by atoms with Crippen molar-refractivity contribution in [2.24, 2.45) is 0 Å². The lowest BCUT2D eigenvalue weighted by atomic mass is 10.0. The van der Waals surface area contributed by atoms with E-state index in [1.807, 2.05) is 31.2 Å². The van der Waals surface area contributed by atoms with Crippen molar-refractivity contribution >= 4 is 22.6 Å². The van der Waals surface area contributed by atoms with Gasteiger partial charge in [-0.05, 0) is 53.9 Å². The van der Waals surface area contributed by atoms with Crippen LogP contribution in [0.2, 0.25) is 0 Å². The van der Waals surface area contributed by atoms with Gasteiger partial charge < -0.3 is 10.1 Å². The summed E-state index contributed by atoms with van der Waals surface area (Å²) in [5.74, 6) is -0.464. The number of pyridine rings is 1. The molecular weight excluding hydrogens is 433 g/mol. The summed E-state index contributed by atoms with van der Waals surface area (Å²) in [5.41, 5.74) is 5.07. The maximum Gasteiger partial charge on any atom is 0.246 e. The minimum absolute atomic E-state index is 0.0396. The molecule has 2 aromatic carbocycles. The molecule has 1 aliphatic heterocycles. The van der Waals surface area contributed by atoms with Crippen molar-refractivity contribution in [2.75, 3.05) is 31.6 Å². The fourth-order valence-electron chi connectivity index (χ4n) is 4.36. The number of aryl methyl sites for hydroxylation is 1. The van der Waals surface area contributed by atoms with Gasteiger partial charge in [-0.25, -0.2) is 14.1 Å². The molecule has 8 heteroatoms. The van der Waals surface area contributed by atoms with E-state index in [0.29, 0.717) is 5.65 Å². The Bertz CT molecular complexity index is 1310. The number of carbonyl (C=O) groups is 1. The summed E-state index contributed by atoms with van der Waals surface area (Å²) in [6, 6.07) is 16.1. The lowest BCUT2D eigenvalue weighted by molar-refractivity contribution is -0.116. The van der Waals surface area contributed by atoms with E-state index < -0.39 is 0 Å². The minimum atomic E-state index is -0.285. The second-order valence-electron chi connectivity index (χ2n) is 8.44. The Labute approximate surface area is 197 Å². The predicted molar refractivity (Wildman–Crippen MR) is 129 cm³/mol. The molecule has 174 valence electrons. The van der Waals surface area contributed by atoms with Crippen LogP contribution in [0.5, 0.6) is 0 Å². The van der Waals surface area contributed by atoms with Crippen LogP contribution in [0.3, 0.4) is 0 Å². The molecule has 0 bridgehead atoms. The van der Waals surface area contributed by atoms with Crippen LogP contribution in [0.4, 0.5) is 10.1 Å². The van der Waals surface area contributed by atoms with Gasteiger partial charge in [0.1, 0.15) is 12.4 Å². The Hall–Kier alpha value is -3.62. The highest BCUT2D eigenvalue weighted by Gasteiger charge is 2.16. The number of hydrogen-bond acceptors (Lipinski definition) is 5. The van der Waals surface area contributed by atoms with E-state index in [4.69, 9.17) is 4.74 Å². The molecule has 0 spiro atoms. The van der Waals surface area contributed by atoms with Gasteiger partial charge in [0, 0.05) is 36.9 Å². The molecule has 0 saturated carbocycles. The standard InChI is InChI=1S/C26H26FN5O2/c1-18-25-23(20-5-7-21(27)8-6-20)9-10-28-26(25)32(30-18)17-24(33)29-22-4-2-3-19(15-22)16-31-11-13-34-14-12-31/h2-10,15H,11-14,16-17H2,1H3,(H,29,33). The number of anilines is 1. The Kier molecular flexibility index (Phi) is 6.33. The highest BCUT2D eigenvalue weighted by Crippen LogP contribution is 2.30. The maximum atomic E-state index is 13.4. The number of nitrogens with zero attached hydrogens (tertiary/aromatic N) is 4. The number of morpholine rings is 1. The number of aromatic nitrogens is 3. The van der Waals surface area contributed by atoms with E-state index in [0.717, 1.165) is 66.3 Å². The summed E-state index contributed by atoms with van der Waals surface area (Å²) < 4.78 is 20.4. The van der Waals surface area contributed by atoms with Gasteiger partial charge >= 0.3 is 0 Å². The average Bonchev–Trinajstić information content (AvgIpc) is 3.15. The molecule has 1 fully saturated rings. The fourth-order valence-corrected chi connectivity index (χ4v) is 4.36. The van der Waals surface area contributed by atoms with Crippen molar-refractivity contribution in [3.05, 3.63) is 77.9 Å². The lowest BCUT2D eigenvalue weighted by Gasteiger charge is -2.26. The molecule has 34 heavy (non-hydrogen) atoms. The van der Waals surface area contributed by atoms with Crippen molar-refractivity contribution in [2.45, 2.75) is 20.0 Å². The molecule has 1 aliphatic rings. The normalized spacial score (nSPS) is 14.4. The Morgan fingerprint density at radius 3 is 2.71 bits per heavy atom. The third-order valence-corrected chi connectivity index (χ3v) is 5.98. The summed E-state index contributed by atoms with van der Waals surface area (Å²) in [5, 5.41) is 8.41. The first-order valence-corrected chi connectivity index (χ1v) is 11.3. The molecule has 0 radical (unpaired) electrons. The summed E-state index contributed by atoms with van der Waals surface area (Å²) in [4.78, 5) is 19.7. The molecule has 0 atom stereocenters. The molecule has 4 aromatic rings. The van der Waals surface area contributed by atoms with Crippen molar-refractivity contribution in [1.29, 1.82) is 0 Å². The van der Waals surface area contributed by atoms with Crippen LogP contribution in [0.1, 0.15) is 11.3 Å². The molecule has 1 N–H and O–H groups in total. The molecule has 0 aliphatic carbocycles. The van der Waals surface area contributed by atoms with Gasteiger partial charge in [-0.3, -0.25) is 9.69 Å². The van der Waals surface area contributed by atoms with Gasteiger partial charge in [0.2, 0.25) is 5.91 Å². The number of ether oxygens (including phenoxy) is 1. The zero-order valence-electron chi connectivity index (χ0n) is 19.0. The number of hydrogen-bond donors (Lipinski definition) is 1. The summed E-state index contributed by atoms with van der Waals surface area (Å²) in [7, 11) is 0. The first-order valence-electron chi connectivity index (χ1n) is 11.3. The van der Waals surface area contributed by atoms with Crippen molar-refractivity contribution in [3.8, 4) is 11.1 Å². The highest BCUT2D eigenvalue weighted by molar-refractivity contribution is 5.96. The van der Waals surface area contributed by atoms with Crippen LogP contribution in [-0.2, 0) is 22.6 Å². The van der Waals surface area contributed by atoms with Crippen LogP contribution in [0, 0.1) is 12.7 Å². The predicted octanol–water partition coefficient (Wildman–Crippen LogP) is 4.02. The quantitative estimate of drug-likeness (QED) is 0.472. The fraction of sp³-hybridized carbons (Fsp3) is 0.269. The third kappa shape index (κ3) is 4.83. The van der Waals surface area contributed by atoms with Gasteiger partial charge in [-0.1, -0.05) is 24.3 Å². The third-order valence-electron chi connectivity index (χ3n) is 5.98. The van der Waals surface area contributed by atoms with Crippen molar-refractivity contribution in [1.82, 2.24) is 19.7 Å². The summed E-state index contributed by atoms with van der Waals surface area (Å²) in [6.45, 7) is 6.09. The van der Waals surface area contributed by atoms with Crippen LogP contribution in [0.25, 0.3) is 22.2 Å². The number of fused-ring (bicyclic) bond motifs is 1. The molecule has 1 saturated heterocycles. The molecule has 1 amide bonds. The number of benzene rings is 2. The van der Waals surface area contributed by atoms with E-state index in [9.17, 15) is 9.18 Å². The van der Waals surface area contributed by atoms with E-state index in [-0.39, 0.29) is 18.3 Å². The zero-order chi connectivity index (χ0) is 23.5. The van der Waals surface area contributed by atoms with Crippen LogP contribution >= 0.6 is 0 Å². The SMILES string of the molecule is Cc1nn(CC(=O)Nc2cccc(CN3CCOCC3)c2)c2nccc(-c3ccc(F)cc3)c12. The lowest BCUT2D eigenvalue weighted by Crippen LogP contribution is -2.35. The van der Waals surface area contributed by atoms with Crippen molar-refractivity contribution in [3.63, 3.8) is 0 Å². The van der Waals surface area contributed by atoms with Gasteiger partial charge in [-0.2, -0.15) is 5.10 Å². The zero-order valence-corrected chi connectivity index (χ0v) is 19.0. The summed E-state index contributed by atoms with van der Waals surface area (Å²) in [6.07, 6.45) is 1.69. The molecule has 2 aromatic heterocycles. The van der Waals surface area contributed by atoms with Gasteiger partial charge in [-0.15, -0.1) is 0 Å². The van der Waals surface area contributed by atoms with E-state index in [1.54, 1.807) is 23.0 Å². The topological polar surface area (TPSA) is 72.3 Å². The van der Waals surface area contributed by atoms with Crippen molar-refractivity contribution < 1.29 is 13.9 Å². The second-order valence-corrected chi connectivity index (χ2v) is 8.44. The molecule has 7 nitrogen and oxygen atoms in total. The van der Waals surface area contributed by atoms with Crippen LogP contribution in [0.15, 0.2) is 60.8 Å². The number of amides is 1. The first kappa shape index (κ1) is 22.2. The average molecular weight is 460 g/mol. The first-order chi connectivity index (χ1) is 16.6. The minimum Gasteiger partial charge on any atom is -0.379 e. The number of carbonyl (C=O) groups excluding carboxylic acids is 1. The second kappa shape index (κ2) is 9.70. The van der Waals surface area contributed by atoms with Crippen LogP contribution in [-0.4, -0.2) is 51.9 Å². The maximum absolute atomic E-state index is 13.4. The Morgan fingerprint density at radius 2 is 1.91 bits per heavy atom. The molecule has 0 unspecified atom stereocenters. The monoisotopic (exact) mass is 459 g/mol. The van der Waals surface area contributed by atoms with Gasteiger partial charge in [0.25, 0.3) is 0 Å². The van der Waals surface area contributed by atoms with Gasteiger partial charge in [0.15, 0.2) is 5.65 Å². The number of halogens is 1. The highest BCUT2D eigenvalue weighted by atomic mass is 19.1. The van der Waals surface area contributed by atoms with E-state index >= 15 is 0 Å². The summed E-state index contributed by atoms with van der Waals surface area (Å²) >= 11 is 0. The van der Waals surface area contributed by atoms with E-state index in [1.165, 1.54) is 12.1 Å². The molecule has 3 heterocycles. The number of rotatable bonds is 6. The Balaban J connectivity index is 1.33. The molecular formula is C26H26FN5O2. The smallest absolute Gasteiger partial charge is 0.246 e.